The highest BCUT2D eigenvalue weighted by Crippen LogP contribution is 2.45. The lowest BCUT2D eigenvalue weighted by molar-refractivity contribution is 0.172. The average molecular weight is 221 g/mol. The zero-order chi connectivity index (χ0) is 11.0. The van der Waals surface area contributed by atoms with E-state index < -0.39 is 0 Å². The van der Waals surface area contributed by atoms with Crippen molar-refractivity contribution in [2.24, 2.45) is 0 Å². The van der Waals surface area contributed by atoms with E-state index in [2.05, 4.69) is 5.32 Å². The number of nitrogens with one attached hydrogen (secondary N) is 1. The minimum absolute atomic E-state index is 0.256. The standard InChI is InChI=1S/C12H15NO3/c14-9-3-4-10-12(16-7-15-10)11(9)8-2-1-5-13-6-8/h3-4,8,13-14H,1-2,5-7H2. The number of fused-ring (bicyclic) bond motifs is 1. The summed E-state index contributed by atoms with van der Waals surface area (Å²) in [4.78, 5) is 0. The Morgan fingerprint density at radius 1 is 1.31 bits per heavy atom. The van der Waals surface area contributed by atoms with E-state index in [1.807, 2.05) is 0 Å². The molecule has 1 atom stereocenters. The largest absolute Gasteiger partial charge is 0.508 e. The molecule has 2 aliphatic heterocycles. The van der Waals surface area contributed by atoms with Crippen molar-refractivity contribution in [2.75, 3.05) is 19.9 Å². The van der Waals surface area contributed by atoms with Gasteiger partial charge in [-0.15, -0.1) is 0 Å². The van der Waals surface area contributed by atoms with Crippen LogP contribution in [0.1, 0.15) is 24.3 Å². The second-order valence-corrected chi connectivity index (χ2v) is 4.28. The lowest BCUT2D eigenvalue weighted by Gasteiger charge is -2.24. The Morgan fingerprint density at radius 2 is 2.25 bits per heavy atom. The van der Waals surface area contributed by atoms with Gasteiger partial charge in [0.2, 0.25) is 6.79 Å². The van der Waals surface area contributed by atoms with Gasteiger partial charge in [-0.2, -0.15) is 0 Å². The van der Waals surface area contributed by atoms with E-state index in [0.29, 0.717) is 11.7 Å². The van der Waals surface area contributed by atoms with Gasteiger partial charge in [0, 0.05) is 18.0 Å². The van der Waals surface area contributed by atoms with E-state index in [9.17, 15) is 5.11 Å². The predicted octanol–water partition coefficient (Wildman–Crippen LogP) is 1.59. The summed E-state index contributed by atoms with van der Waals surface area (Å²) in [6, 6.07) is 3.45. The Bertz CT molecular complexity index is 399. The maximum Gasteiger partial charge on any atom is 0.231 e. The Balaban J connectivity index is 2.01. The van der Waals surface area contributed by atoms with Crippen LogP contribution in [0.5, 0.6) is 17.2 Å². The molecule has 0 bridgehead atoms. The summed E-state index contributed by atoms with van der Waals surface area (Å²) in [5.74, 6) is 2.12. The van der Waals surface area contributed by atoms with Gasteiger partial charge in [-0.25, -0.2) is 0 Å². The van der Waals surface area contributed by atoms with Gasteiger partial charge in [0.25, 0.3) is 0 Å². The van der Waals surface area contributed by atoms with Gasteiger partial charge in [-0.1, -0.05) is 0 Å². The summed E-state index contributed by atoms with van der Waals surface area (Å²) in [6.45, 7) is 2.21. The summed E-state index contributed by atoms with van der Waals surface area (Å²) in [5.41, 5.74) is 0.905. The smallest absolute Gasteiger partial charge is 0.231 e. The highest BCUT2D eigenvalue weighted by molar-refractivity contribution is 5.56. The van der Waals surface area contributed by atoms with E-state index in [-0.39, 0.29) is 6.79 Å². The number of aromatic hydroxyl groups is 1. The van der Waals surface area contributed by atoms with Crippen LogP contribution in [-0.4, -0.2) is 25.0 Å². The number of rotatable bonds is 1. The number of piperidine rings is 1. The first-order valence-corrected chi connectivity index (χ1v) is 5.68. The van der Waals surface area contributed by atoms with Gasteiger partial charge < -0.3 is 19.9 Å². The molecule has 1 aromatic rings. The van der Waals surface area contributed by atoms with Crippen molar-refractivity contribution >= 4 is 0 Å². The Labute approximate surface area is 94.2 Å². The summed E-state index contributed by atoms with van der Waals surface area (Å²) < 4.78 is 10.8. The van der Waals surface area contributed by atoms with Crippen molar-refractivity contribution in [2.45, 2.75) is 18.8 Å². The first kappa shape index (κ1) is 9.78. The lowest BCUT2D eigenvalue weighted by atomic mass is 9.90. The van der Waals surface area contributed by atoms with Gasteiger partial charge in [0.15, 0.2) is 11.5 Å². The van der Waals surface area contributed by atoms with E-state index in [1.54, 1.807) is 12.1 Å². The molecule has 16 heavy (non-hydrogen) atoms. The normalized spacial score (nSPS) is 23.4. The first-order chi connectivity index (χ1) is 7.86. The van der Waals surface area contributed by atoms with Crippen molar-refractivity contribution < 1.29 is 14.6 Å². The molecule has 0 aromatic heterocycles. The van der Waals surface area contributed by atoms with Crippen LogP contribution in [0, 0.1) is 0 Å². The minimum Gasteiger partial charge on any atom is -0.508 e. The van der Waals surface area contributed by atoms with Crippen molar-refractivity contribution in [3.05, 3.63) is 17.7 Å². The molecule has 1 unspecified atom stereocenters. The maximum atomic E-state index is 9.96. The highest BCUT2D eigenvalue weighted by Gasteiger charge is 2.27. The van der Waals surface area contributed by atoms with E-state index in [0.717, 1.165) is 43.0 Å². The molecule has 86 valence electrons. The second-order valence-electron chi connectivity index (χ2n) is 4.28. The molecule has 2 heterocycles. The fourth-order valence-electron chi connectivity index (χ4n) is 2.48. The van der Waals surface area contributed by atoms with Gasteiger partial charge in [-0.3, -0.25) is 0 Å². The number of phenols is 1. The Morgan fingerprint density at radius 3 is 3.06 bits per heavy atom. The number of benzene rings is 1. The van der Waals surface area contributed by atoms with Crippen LogP contribution in [0.2, 0.25) is 0 Å². The quantitative estimate of drug-likeness (QED) is 0.756. The van der Waals surface area contributed by atoms with Crippen LogP contribution in [0.25, 0.3) is 0 Å². The average Bonchev–Trinajstić information content (AvgIpc) is 2.78. The molecule has 1 aromatic carbocycles. The molecule has 0 amide bonds. The van der Waals surface area contributed by atoms with Crippen molar-refractivity contribution in [1.82, 2.24) is 5.32 Å². The summed E-state index contributed by atoms with van der Waals surface area (Å²) in [7, 11) is 0. The summed E-state index contributed by atoms with van der Waals surface area (Å²) in [5, 5.41) is 13.3. The third-order valence-electron chi connectivity index (χ3n) is 3.26. The maximum absolute atomic E-state index is 9.96. The van der Waals surface area contributed by atoms with Crippen LogP contribution >= 0.6 is 0 Å². The number of phenolic OH excluding ortho intramolecular Hbond substituents is 1. The fraction of sp³-hybridized carbons (Fsp3) is 0.500. The van der Waals surface area contributed by atoms with Crippen molar-refractivity contribution in [3.63, 3.8) is 0 Å². The van der Waals surface area contributed by atoms with Gasteiger partial charge in [0.1, 0.15) is 5.75 Å². The molecule has 4 heteroatoms. The topological polar surface area (TPSA) is 50.7 Å². The van der Waals surface area contributed by atoms with Crippen LogP contribution < -0.4 is 14.8 Å². The van der Waals surface area contributed by atoms with Gasteiger partial charge >= 0.3 is 0 Å². The number of hydrogen-bond donors (Lipinski definition) is 2. The van der Waals surface area contributed by atoms with Gasteiger partial charge in [0.05, 0.1) is 0 Å². The molecule has 4 nitrogen and oxygen atoms in total. The molecule has 1 fully saturated rings. The summed E-state index contributed by atoms with van der Waals surface area (Å²) in [6.07, 6.45) is 2.22. The Hall–Kier alpha value is -1.42. The third-order valence-corrected chi connectivity index (χ3v) is 3.26. The molecule has 0 spiro atoms. The van der Waals surface area contributed by atoms with E-state index in [4.69, 9.17) is 9.47 Å². The second kappa shape index (κ2) is 3.87. The summed E-state index contributed by atoms with van der Waals surface area (Å²) >= 11 is 0. The Kier molecular flexibility index (Phi) is 2.36. The van der Waals surface area contributed by atoms with Crippen LogP contribution in [0.4, 0.5) is 0 Å². The van der Waals surface area contributed by atoms with Crippen LogP contribution in [0.3, 0.4) is 0 Å². The molecule has 0 radical (unpaired) electrons. The zero-order valence-corrected chi connectivity index (χ0v) is 9.03. The van der Waals surface area contributed by atoms with Crippen molar-refractivity contribution in [1.29, 1.82) is 0 Å². The SMILES string of the molecule is Oc1ccc2c(c1C1CCCNC1)OCO2. The molecular formula is C12H15NO3. The number of ether oxygens (including phenoxy) is 2. The van der Waals surface area contributed by atoms with E-state index in [1.165, 1.54) is 0 Å². The zero-order valence-electron chi connectivity index (χ0n) is 9.03. The molecule has 1 saturated heterocycles. The third kappa shape index (κ3) is 1.50. The molecule has 2 aliphatic rings. The molecule has 0 saturated carbocycles. The molecule has 2 N–H and O–H groups in total. The van der Waals surface area contributed by atoms with Gasteiger partial charge in [-0.05, 0) is 31.5 Å². The van der Waals surface area contributed by atoms with Crippen LogP contribution in [0.15, 0.2) is 12.1 Å². The van der Waals surface area contributed by atoms with Crippen LogP contribution in [-0.2, 0) is 0 Å². The fourth-order valence-corrected chi connectivity index (χ4v) is 2.48. The van der Waals surface area contributed by atoms with E-state index >= 15 is 0 Å². The lowest BCUT2D eigenvalue weighted by Crippen LogP contribution is -2.28. The first-order valence-electron chi connectivity index (χ1n) is 5.68. The molecule has 3 rings (SSSR count). The highest BCUT2D eigenvalue weighted by atomic mass is 16.7. The van der Waals surface area contributed by atoms with Crippen molar-refractivity contribution in [3.8, 4) is 17.2 Å². The molecule has 0 aliphatic carbocycles. The minimum atomic E-state index is 0.256. The monoisotopic (exact) mass is 221 g/mol. The number of hydrogen-bond acceptors (Lipinski definition) is 4. The molecular weight excluding hydrogens is 206 g/mol. The predicted molar refractivity (Wildman–Crippen MR) is 59.1 cm³/mol.